The van der Waals surface area contributed by atoms with E-state index in [-0.39, 0.29) is 12.8 Å². The second kappa shape index (κ2) is 21.1. The molecule has 4 aromatic rings. The summed E-state index contributed by atoms with van der Waals surface area (Å²) >= 11 is 0. The maximum absolute atomic E-state index is 13.7. The molecule has 4 aromatic carbocycles. The van der Waals surface area contributed by atoms with Gasteiger partial charge in [-0.1, -0.05) is 136 Å². The Bertz CT molecular complexity index is 1980. The van der Waals surface area contributed by atoms with E-state index in [1.54, 1.807) is 0 Å². The van der Waals surface area contributed by atoms with Crippen molar-refractivity contribution in [2.75, 3.05) is 6.61 Å². The van der Waals surface area contributed by atoms with Crippen molar-refractivity contribution in [3.05, 3.63) is 96.1 Å². The lowest BCUT2D eigenvalue weighted by atomic mass is 9.77. The summed E-state index contributed by atoms with van der Waals surface area (Å²) < 4.78 is 43.2. The fraction of sp³-hybridized carbons (Fsp3) is 0.500. The van der Waals surface area contributed by atoms with Crippen molar-refractivity contribution in [3.8, 4) is 0 Å². The number of aliphatic hydroxyl groups excluding tert-OH is 2. The molecule has 1 aliphatic heterocycles. The number of hydrogen-bond acceptors (Lipinski definition) is 9. The van der Waals surface area contributed by atoms with Crippen LogP contribution in [-0.2, 0) is 41.7 Å². The fourth-order valence-corrected chi connectivity index (χ4v) is 8.54. The summed E-state index contributed by atoms with van der Waals surface area (Å²) in [6.45, 7) is -0.950. The first kappa shape index (κ1) is 43.4. The van der Waals surface area contributed by atoms with Crippen LogP contribution in [0.25, 0.3) is 21.5 Å². The average molecular weight is 792 g/mol. The number of carbonyl (C=O) groups is 2. The molecule has 5 N–H and O–H groups in total. The van der Waals surface area contributed by atoms with Gasteiger partial charge in [0.05, 0.1) is 6.61 Å². The van der Waals surface area contributed by atoms with Crippen LogP contribution in [0.1, 0.15) is 101 Å². The Morgan fingerprint density at radius 3 is 1.66 bits per heavy atom. The number of rotatable bonds is 23. The molecule has 0 spiro atoms. The van der Waals surface area contributed by atoms with E-state index in [2.05, 4.69) is 72.0 Å². The first-order chi connectivity index (χ1) is 27.0. The third-order valence-corrected chi connectivity index (χ3v) is 11.4. The molecule has 11 nitrogen and oxygen atoms in total. The van der Waals surface area contributed by atoms with E-state index in [0.29, 0.717) is 19.3 Å². The van der Waals surface area contributed by atoms with Crippen molar-refractivity contribution in [1.82, 2.24) is 5.32 Å². The number of amides is 1. The summed E-state index contributed by atoms with van der Waals surface area (Å²) in [5.41, 5.74) is -0.191. The van der Waals surface area contributed by atoms with Crippen LogP contribution in [0.3, 0.4) is 0 Å². The Labute approximate surface area is 330 Å². The van der Waals surface area contributed by atoms with Crippen LogP contribution in [-0.4, -0.2) is 76.7 Å². The van der Waals surface area contributed by atoms with Crippen molar-refractivity contribution in [2.24, 2.45) is 0 Å². The number of fused-ring (bicyclic) bond motifs is 2. The van der Waals surface area contributed by atoms with Gasteiger partial charge in [-0.15, -0.1) is 0 Å². The normalized spacial score (nSPS) is 21.4. The average Bonchev–Trinajstić information content (AvgIpc) is 3.19. The maximum Gasteiger partial charge on any atom is 0.397 e. The number of unbranched alkanes of at least 4 members (excludes halogenated alkanes) is 10. The minimum absolute atomic E-state index is 0.0250. The molecular weight excluding hydrogens is 735 g/mol. The van der Waals surface area contributed by atoms with Crippen LogP contribution in [0.5, 0.6) is 0 Å². The molecule has 0 bridgehead atoms. The molecule has 1 heterocycles. The number of ether oxygens (including phenoxy) is 1. The molecule has 1 aliphatic rings. The number of ketones is 1. The SMILES string of the molecule is O=C(CCCCCCCCc1cccc2ccccc12)N[C@@H]1[C@@H](O)O[C@H](CO)[C@@H](OS(=O)(=O)O)[C@@]1(O)C(=O)CCCCCCCCc1cccc2ccccc12. The molecule has 1 saturated heterocycles. The van der Waals surface area contributed by atoms with Gasteiger partial charge in [-0.05, 0) is 71.2 Å². The van der Waals surface area contributed by atoms with Gasteiger partial charge in [0.15, 0.2) is 17.7 Å². The van der Waals surface area contributed by atoms with E-state index >= 15 is 0 Å². The van der Waals surface area contributed by atoms with Crippen molar-refractivity contribution in [1.29, 1.82) is 0 Å². The first-order valence-electron chi connectivity index (χ1n) is 20.1. The van der Waals surface area contributed by atoms with Gasteiger partial charge in [-0.3, -0.25) is 14.1 Å². The smallest absolute Gasteiger partial charge is 0.394 e. The quantitative estimate of drug-likeness (QED) is 0.0391. The summed E-state index contributed by atoms with van der Waals surface area (Å²) in [5, 5.41) is 40.2. The Kier molecular flexibility index (Phi) is 16.4. The van der Waals surface area contributed by atoms with Crippen molar-refractivity contribution in [3.63, 3.8) is 0 Å². The summed E-state index contributed by atoms with van der Waals surface area (Å²) in [6.07, 6.45) is 5.95. The first-order valence-corrected chi connectivity index (χ1v) is 21.5. The van der Waals surface area contributed by atoms with Crippen LogP contribution in [0.2, 0.25) is 0 Å². The van der Waals surface area contributed by atoms with Gasteiger partial charge in [0.2, 0.25) is 5.91 Å². The molecular formula is C44H57NO10S. The fourth-order valence-electron chi connectivity index (χ4n) is 8.01. The Morgan fingerprint density at radius 1 is 0.679 bits per heavy atom. The standard InChI is InChI=1S/C44H57NO10S/c46-31-38-42(55-56(51,52)53)44(50,39(47)29-11-7-3-1-5-9-19-32-23-17-25-34-21-13-15-27-36(32)34)41(43(49)54-38)45-40(48)30-12-8-4-2-6-10-20-33-24-18-26-35-22-14-16-28-37(33)35/h13-18,21-28,38,41-43,46,49-50H,1-12,19-20,29-31H2,(H,45,48)(H,51,52,53)/t38-,41-,42-,43+,44-/m1/s1. The van der Waals surface area contributed by atoms with Crippen molar-refractivity contribution >= 4 is 43.6 Å². The molecule has 0 unspecified atom stereocenters. The zero-order chi connectivity index (χ0) is 40.0. The summed E-state index contributed by atoms with van der Waals surface area (Å²) in [5.74, 6) is -1.49. The maximum atomic E-state index is 13.7. The van der Waals surface area contributed by atoms with E-state index < -0.39 is 58.8 Å². The monoisotopic (exact) mass is 791 g/mol. The van der Waals surface area contributed by atoms with Gasteiger partial charge in [-0.2, -0.15) is 8.42 Å². The molecule has 1 amide bonds. The molecule has 0 aromatic heterocycles. The largest absolute Gasteiger partial charge is 0.397 e. The predicted molar refractivity (Wildman–Crippen MR) is 216 cm³/mol. The highest BCUT2D eigenvalue weighted by Gasteiger charge is 2.62. The molecule has 12 heteroatoms. The van der Waals surface area contributed by atoms with E-state index in [0.717, 1.165) is 70.6 Å². The van der Waals surface area contributed by atoms with Crippen LogP contribution in [0.4, 0.5) is 0 Å². The lowest BCUT2D eigenvalue weighted by Gasteiger charge is -2.48. The van der Waals surface area contributed by atoms with Crippen LogP contribution in [0, 0.1) is 0 Å². The van der Waals surface area contributed by atoms with Gasteiger partial charge in [0.1, 0.15) is 18.2 Å². The molecule has 0 aliphatic carbocycles. The number of benzene rings is 4. The third-order valence-electron chi connectivity index (χ3n) is 11.0. The van der Waals surface area contributed by atoms with Crippen molar-refractivity contribution in [2.45, 2.75) is 133 Å². The lowest BCUT2D eigenvalue weighted by molar-refractivity contribution is -0.274. The highest BCUT2D eigenvalue weighted by Crippen LogP contribution is 2.35. The van der Waals surface area contributed by atoms with E-state index in [1.807, 2.05) is 18.2 Å². The molecule has 5 rings (SSSR count). The van der Waals surface area contributed by atoms with Gasteiger partial charge >= 0.3 is 10.4 Å². The molecule has 0 saturated carbocycles. The minimum atomic E-state index is -5.26. The number of Topliss-reactive ketones (excluding diaryl/α,β-unsaturated/α-hetero) is 1. The molecule has 5 atom stereocenters. The van der Waals surface area contributed by atoms with Gasteiger partial charge < -0.3 is 25.4 Å². The number of carbonyl (C=O) groups excluding carboxylic acids is 2. The highest BCUT2D eigenvalue weighted by molar-refractivity contribution is 7.80. The Morgan fingerprint density at radius 2 is 1.14 bits per heavy atom. The van der Waals surface area contributed by atoms with Gasteiger partial charge in [-0.25, -0.2) is 4.18 Å². The van der Waals surface area contributed by atoms with Gasteiger partial charge in [0, 0.05) is 12.8 Å². The van der Waals surface area contributed by atoms with E-state index in [9.17, 15) is 37.9 Å². The summed E-state index contributed by atoms with van der Waals surface area (Å²) in [6, 6.07) is 27.5. The number of hydrogen-bond donors (Lipinski definition) is 5. The van der Waals surface area contributed by atoms with Crippen LogP contribution >= 0.6 is 0 Å². The number of aliphatic hydroxyl groups is 3. The minimum Gasteiger partial charge on any atom is -0.394 e. The zero-order valence-corrected chi connectivity index (χ0v) is 32.9. The molecule has 0 radical (unpaired) electrons. The van der Waals surface area contributed by atoms with Crippen molar-refractivity contribution < 1.29 is 46.8 Å². The Balaban J connectivity index is 1.07. The third kappa shape index (κ3) is 11.9. The topological polar surface area (TPSA) is 180 Å². The second-order valence-electron chi connectivity index (χ2n) is 15.0. The van der Waals surface area contributed by atoms with Gasteiger partial charge in [0.25, 0.3) is 0 Å². The molecule has 56 heavy (non-hydrogen) atoms. The zero-order valence-electron chi connectivity index (χ0n) is 32.1. The second-order valence-corrected chi connectivity index (χ2v) is 16.1. The lowest BCUT2D eigenvalue weighted by Crippen LogP contribution is -2.75. The Hall–Kier alpha value is -3.75. The molecule has 1 fully saturated rings. The van der Waals surface area contributed by atoms with Crippen LogP contribution in [0.15, 0.2) is 84.9 Å². The summed E-state index contributed by atoms with van der Waals surface area (Å²) in [7, 11) is -5.26. The predicted octanol–water partition coefficient (Wildman–Crippen LogP) is 6.92. The van der Waals surface area contributed by atoms with E-state index in [1.165, 1.54) is 32.7 Å². The van der Waals surface area contributed by atoms with Crippen LogP contribution < -0.4 is 5.32 Å². The molecule has 304 valence electrons. The number of nitrogens with one attached hydrogen (secondary N) is 1. The van der Waals surface area contributed by atoms with E-state index in [4.69, 9.17) is 8.92 Å². The number of aryl methyl sites for hydroxylation is 2. The highest BCUT2D eigenvalue weighted by atomic mass is 32.3. The summed E-state index contributed by atoms with van der Waals surface area (Å²) in [4.78, 5) is 26.8.